The van der Waals surface area contributed by atoms with Crippen LogP contribution in [0.15, 0.2) is 12.1 Å². The molecule has 0 saturated carbocycles. The lowest BCUT2D eigenvalue weighted by Crippen LogP contribution is -2.01. The zero-order chi connectivity index (χ0) is 10.7. The lowest BCUT2D eigenvalue weighted by molar-refractivity contribution is 0.101. The third-order valence-electron chi connectivity index (χ3n) is 2.02. The van der Waals surface area contributed by atoms with Crippen molar-refractivity contribution in [3.63, 3.8) is 0 Å². The minimum Gasteiger partial charge on any atom is -0.298 e. The van der Waals surface area contributed by atoms with Crippen molar-refractivity contribution < 1.29 is 9.59 Å². The summed E-state index contributed by atoms with van der Waals surface area (Å²) in [4.78, 5) is 21.8. The molecule has 1 aromatic carbocycles. The molecule has 14 heavy (non-hydrogen) atoms. The van der Waals surface area contributed by atoms with Crippen molar-refractivity contribution in [1.82, 2.24) is 0 Å². The number of nitrogens with zero attached hydrogens (tertiary/aromatic N) is 1. The fourth-order valence-corrected chi connectivity index (χ4v) is 1.25. The average molecular weight is 187 g/mol. The van der Waals surface area contributed by atoms with Crippen LogP contribution in [0.3, 0.4) is 0 Å². The number of hydrogen-bond acceptors (Lipinski definition) is 3. The first-order valence-electron chi connectivity index (χ1n) is 4.11. The van der Waals surface area contributed by atoms with Crippen molar-refractivity contribution in [2.45, 2.75) is 13.8 Å². The molecular weight excluding hydrogens is 178 g/mol. The molecule has 0 atom stereocenters. The molecule has 1 aromatic rings. The summed E-state index contributed by atoms with van der Waals surface area (Å²) in [6.07, 6.45) is 0.630. The molecule has 0 fully saturated rings. The standard InChI is InChI=1S/C11H9NO2/c1-7-3-10(6-13)11(8(2)14)4-9(7)5-12/h3-4,6H,1-2H3. The molecule has 1 rings (SSSR count). The van der Waals surface area contributed by atoms with E-state index in [0.717, 1.165) is 0 Å². The maximum atomic E-state index is 11.1. The van der Waals surface area contributed by atoms with Crippen LogP contribution in [-0.2, 0) is 0 Å². The molecule has 3 heteroatoms. The molecule has 0 aliphatic rings. The van der Waals surface area contributed by atoms with Gasteiger partial charge in [-0.1, -0.05) is 0 Å². The molecule has 0 N–H and O–H groups in total. The zero-order valence-corrected chi connectivity index (χ0v) is 8.00. The highest BCUT2D eigenvalue weighted by molar-refractivity contribution is 6.01. The first-order valence-corrected chi connectivity index (χ1v) is 4.11. The van der Waals surface area contributed by atoms with Gasteiger partial charge in [0.05, 0.1) is 11.6 Å². The van der Waals surface area contributed by atoms with Crippen LogP contribution in [0.2, 0.25) is 0 Å². The maximum absolute atomic E-state index is 11.1. The SMILES string of the molecule is CC(=O)c1cc(C#N)c(C)cc1C=O. The van der Waals surface area contributed by atoms with E-state index in [9.17, 15) is 9.59 Å². The summed E-state index contributed by atoms with van der Waals surface area (Å²) in [5.74, 6) is -0.205. The van der Waals surface area contributed by atoms with Crippen LogP contribution in [0.25, 0.3) is 0 Å². The van der Waals surface area contributed by atoms with Gasteiger partial charge in [0.15, 0.2) is 12.1 Å². The molecule has 70 valence electrons. The van der Waals surface area contributed by atoms with E-state index < -0.39 is 0 Å². The summed E-state index contributed by atoms with van der Waals surface area (Å²) in [6, 6.07) is 4.99. The number of aldehydes is 1. The van der Waals surface area contributed by atoms with E-state index in [-0.39, 0.29) is 5.78 Å². The summed E-state index contributed by atoms with van der Waals surface area (Å²) in [5.41, 5.74) is 1.79. The fourth-order valence-electron chi connectivity index (χ4n) is 1.25. The van der Waals surface area contributed by atoms with Gasteiger partial charge in [0.1, 0.15) is 0 Å². The monoisotopic (exact) mass is 187 g/mol. The molecule has 3 nitrogen and oxygen atoms in total. The minimum atomic E-state index is -0.205. The van der Waals surface area contributed by atoms with Crippen LogP contribution >= 0.6 is 0 Å². The van der Waals surface area contributed by atoms with Crippen LogP contribution in [0.4, 0.5) is 0 Å². The number of hydrogen-bond donors (Lipinski definition) is 0. The van der Waals surface area contributed by atoms with E-state index in [1.54, 1.807) is 13.0 Å². The normalized spacial score (nSPS) is 9.21. The van der Waals surface area contributed by atoms with Gasteiger partial charge in [0.2, 0.25) is 0 Å². The van der Waals surface area contributed by atoms with Crippen LogP contribution in [0.5, 0.6) is 0 Å². The van der Waals surface area contributed by atoms with Crippen LogP contribution in [-0.4, -0.2) is 12.1 Å². The Kier molecular flexibility index (Phi) is 2.78. The van der Waals surface area contributed by atoms with E-state index in [2.05, 4.69) is 0 Å². The summed E-state index contributed by atoms with van der Waals surface area (Å²) in [7, 11) is 0. The average Bonchev–Trinajstić information content (AvgIpc) is 2.16. The van der Waals surface area contributed by atoms with Crippen LogP contribution in [0, 0.1) is 18.3 Å². The van der Waals surface area contributed by atoms with Crippen molar-refractivity contribution >= 4 is 12.1 Å². The number of rotatable bonds is 2. The number of carbonyl (C=O) groups excluding carboxylic acids is 2. The predicted molar refractivity (Wildman–Crippen MR) is 51.3 cm³/mol. The number of benzene rings is 1. The van der Waals surface area contributed by atoms with Gasteiger partial charge >= 0.3 is 0 Å². The van der Waals surface area contributed by atoms with E-state index in [4.69, 9.17) is 5.26 Å². The van der Waals surface area contributed by atoms with Crippen LogP contribution in [0.1, 0.15) is 38.8 Å². The molecule has 0 unspecified atom stereocenters. The fraction of sp³-hybridized carbons (Fsp3) is 0.182. The summed E-state index contributed by atoms with van der Waals surface area (Å²) in [6.45, 7) is 3.11. The number of ketones is 1. The number of carbonyl (C=O) groups is 2. The van der Waals surface area contributed by atoms with Crippen molar-refractivity contribution in [2.24, 2.45) is 0 Å². The van der Waals surface area contributed by atoms with Gasteiger partial charge in [-0.15, -0.1) is 0 Å². The zero-order valence-electron chi connectivity index (χ0n) is 8.00. The first-order chi connectivity index (χ1) is 6.60. The number of aryl methyl sites for hydroxylation is 1. The molecule has 0 spiro atoms. The Morgan fingerprint density at radius 3 is 2.57 bits per heavy atom. The van der Waals surface area contributed by atoms with Gasteiger partial charge in [-0.3, -0.25) is 9.59 Å². The Morgan fingerprint density at radius 1 is 1.50 bits per heavy atom. The Balaban J connectivity index is 3.49. The minimum absolute atomic E-state index is 0.205. The van der Waals surface area contributed by atoms with Gasteiger partial charge < -0.3 is 0 Å². The Morgan fingerprint density at radius 2 is 2.14 bits per heavy atom. The van der Waals surface area contributed by atoms with E-state index in [1.165, 1.54) is 13.0 Å². The molecule has 0 heterocycles. The molecule has 0 aliphatic heterocycles. The van der Waals surface area contributed by atoms with E-state index in [0.29, 0.717) is 28.5 Å². The molecule has 0 bridgehead atoms. The highest BCUT2D eigenvalue weighted by Gasteiger charge is 2.09. The van der Waals surface area contributed by atoms with Crippen LogP contribution < -0.4 is 0 Å². The summed E-state index contributed by atoms with van der Waals surface area (Å²) in [5, 5.41) is 8.74. The van der Waals surface area contributed by atoms with Gasteiger partial charge in [-0.25, -0.2) is 0 Å². The second kappa shape index (κ2) is 3.84. The second-order valence-corrected chi connectivity index (χ2v) is 3.04. The van der Waals surface area contributed by atoms with Crippen molar-refractivity contribution in [2.75, 3.05) is 0 Å². The lowest BCUT2D eigenvalue weighted by atomic mass is 9.98. The van der Waals surface area contributed by atoms with Gasteiger partial charge in [0, 0.05) is 11.1 Å². The third-order valence-corrected chi connectivity index (χ3v) is 2.02. The Hall–Kier alpha value is -1.95. The molecule has 0 aromatic heterocycles. The Labute approximate surface area is 82.0 Å². The lowest BCUT2D eigenvalue weighted by Gasteiger charge is -2.03. The molecule has 0 aliphatic carbocycles. The third kappa shape index (κ3) is 1.69. The first kappa shape index (κ1) is 10.1. The Bertz CT molecular complexity index is 441. The molecule has 0 saturated heterocycles. The summed E-state index contributed by atoms with van der Waals surface area (Å²) >= 11 is 0. The topological polar surface area (TPSA) is 57.9 Å². The molecule has 0 amide bonds. The van der Waals surface area contributed by atoms with Gasteiger partial charge in [-0.05, 0) is 31.5 Å². The van der Waals surface area contributed by atoms with E-state index in [1.807, 2.05) is 6.07 Å². The maximum Gasteiger partial charge on any atom is 0.160 e. The van der Waals surface area contributed by atoms with Gasteiger partial charge in [-0.2, -0.15) is 5.26 Å². The van der Waals surface area contributed by atoms with Crippen molar-refractivity contribution in [1.29, 1.82) is 5.26 Å². The largest absolute Gasteiger partial charge is 0.298 e. The van der Waals surface area contributed by atoms with Crippen molar-refractivity contribution in [3.8, 4) is 6.07 Å². The smallest absolute Gasteiger partial charge is 0.160 e. The van der Waals surface area contributed by atoms with E-state index >= 15 is 0 Å². The highest BCUT2D eigenvalue weighted by Crippen LogP contribution is 2.15. The second-order valence-electron chi connectivity index (χ2n) is 3.04. The predicted octanol–water partition coefficient (Wildman–Crippen LogP) is 1.88. The number of Topliss-reactive ketones (excluding diaryl/α,β-unsaturated/α-hetero) is 1. The van der Waals surface area contributed by atoms with Gasteiger partial charge in [0.25, 0.3) is 0 Å². The highest BCUT2D eigenvalue weighted by atomic mass is 16.1. The molecular formula is C11H9NO2. The summed E-state index contributed by atoms with van der Waals surface area (Å²) < 4.78 is 0. The quantitative estimate of drug-likeness (QED) is 0.524. The number of nitriles is 1. The molecule has 0 radical (unpaired) electrons. The van der Waals surface area contributed by atoms with Crippen molar-refractivity contribution in [3.05, 3.63) is 34.4 Å².